The Morgan fingerprint density at radius 3 is 2.55 bits per heavy atom. The van der Waals surface area contributed by atoms with Crippen LogP contribution in [0.4, 0.5) is 8.78 Å². The summed E-state index contributed by atoms with van der Waals surface area (Å²) in [5.41, 5.74) is 7.00. The van der Waals surface area contributed by atoms with E-state index in [2.05, 4.69) is 10.3 Å². The third-order valence-electron chi connectivity index (χ3n) is 4.61. The molecule has 154 valence electrons. The lowest BCUT2D eigenvalue weighted by molar-refractivity contribution is 0.0909. The van der Waals surface area contributed by atoms with Crippen molar-refractivity contribution in [2.24, 2.45) is 5.73 Å². The van der Waals surface area contributed by atoms with Crippen molar-refractivity contribution in [2.45, 2.75) is 39.8 Å². The smallest absolute Gasteiger partial charge is 0.270 e. The van der Waals surface area contributed by atoms with Crippen LogP contribution in [0.1, 0.15) is 41.2 Å². The highest BCUT2D eigenvalue weighted by Gasteiger charge is 2.25. The Morgan fingerprint density at radius 2 is 1.93 bits per heavy atom. The molecule has 0 radical (unpaired) electrons. The van der Waals surface area contributed by atoms with Crippen molar-refractivity contribution in [2.75, 3.05) is 6.54 Å². The Bertz CT molecular complexity index is 1060. The molecule has 0 saturated heterocycles. The molecule has 0 bridgehead atoms. The molecule has 2 aromatic heterocycles. The average molecular weight is 402 g/mol. The first-order chi connectivity index (χ1) is 13.6. The van der Waals surface area contributed by atoms with Crippen LogP contribution in [0.3, 0.4) is 0 Å². The number of hydrogen-bond donors (Lipinski definition) is 2. The number of ether oxygens (including phenoxy) is 1. The van der Waals surface area contributed by atoms with Gasteiger partial charge in [-0.25, -0.2) is 13.8 Å². The summed E-state index contributed by atoms with van der Waals surface area (Å²) in [6.07, 6.45) is 1.76. The lowest BCUT2D eigenvalue weighted by atomic mass is 10.1. The van der Waals surface area contributed by atoms with E-state index in [9.17, 15) is 13.6 Å². The fourth-order valence-electron chi connectivity index (χ4n) is 2.98. The zero-order valence-corrected chi connectivity index (χ0v) is 16.8. The van der Waals surface area contributed by atoms with Gasteiger partial charge in [-0.1, -0.05) is 6.07 Å². The minimum absolute atomic E-state index is 0.168. The van der Waals surface area contributed by atoms with Crippen LogP contribution in [0.5, 0.6) is 5.75 Å². The van der Waals surface area contributed by atoms with Crippen LogP contribution in [0, 0.1) is 25.5 Å². The molecule has 29 heavy (non-hydrogen) atoms. The van der Waals surface area contributed by atoms with Gasteiger partial charge in [-0.05, 0) is 51.5 Å². The minimum atomic E-state index is -0.683. The van der Waals surface area contributed by atoms with Crippen LogP contribution in [-0.2, 0) is 6.61 Å². The van der Waals surface area contributed by atoms with E-state index >= 15 is 0 Å². The normalized spacial score (nSPS) is 11.7. The molecule has 3 aromatic rings. The minimum Gasteiger partial charge on any atom is -0.485 e. The molecule has 2 heterocycles. The second-order valence-electron chi connectivity index (χ2n) is 7.65. The van der Waals surface area contributed by atoms with Gasteiger partial charge in [0.2, 0.25) is 0 Å². The number of pyridine rings is 1. The van der Waals surface area contributed by atoms with Crippen molar-refractivity contribution in [3.8, 4) is 5.75 Å². The number of fused-ring (bicyclic) bond motifs is 1. The molecule has 0 fully saturated rings. The van der Waals surface area contributed by atoms with Crippen LogP contribution in [0.15, 0.2) is 30.5 Å². The number of nitrogens with two attached hydrogens (primary N) is 1. The Hall–Kier alpha value is -3.00. The molecule has 0 aliphatic carbocycles. The number of nitrogens with one attached hydrogen (secondary N) is 1. The number of carbonyl (C=O) groups excluding carboxylic acids is 1. The van der Waals surface area contributed by atoms with E-state index in [4.69, 9.17) is 10.5 Å². The highest BCUT2D eigenvalue weighted by molar-refractivity contribution is 5.95. The zero-order chi connectivity index (χ0) is 21.3. The highest BCUT2D eigenvalue weighted by atomic mass is 19.1. The highest BCUT2D eigenvalue weighted by Crippen LogP contribution is 2.26. The Morgan fingerprint density at radius 1 is 1.28 bits per heavy atom. The topological polar surface area (TPSA) is 81.6 Å². The molecule has 0 saturated carbocycles. The number of halogens is 2. The van der Waals surface area contributed by atoms with Gasteiger partial charge in [0.25, 0.3) is 5.91 Å². The van der Waals surface area contributed by atoms with Gasteiger partial charge in [0, 0.05) is 18.3 Å². The number of hydrogen-bond acceptors (Lipinski definition) is 4. The van der Waals surface area contributed by atoms with Gasteiger partial charge in [0.15, 0.2) is 11.4 Å². The number of benzene rings is 1. The predicted molar refractivity (Wildman–Crippen MR) is 106 cm³/mol. The van der Waals surface area contributed by atoms with Crippen LogP contribution in [0.25, 0.3) is 5.65 Å². The molecule has 8 heteroatoms. The quantitative estimate of drug-likeness (QED) is 0.663. The van der Waals surface area contributed by atoms with Crippen LogP contribution >= 0.6 is 0 Å². The summed E-state index contributed by atoms with van der Waals surface area (Å²) in [6, 6.07) is 5.36. The molecule has 0 unspecified atom stereocenters. The fourth-order valence-corrected chi connectivity index (χ4v) is 2.98. The van der Waals surface area contributed by atoms with Gasteiger partial charge < -0.3 is 15.8 Å². The number of aryl methyl sites for hydroxylation is 2. The molecule has 0 spiro atoms. The first-order valence-corrected chi connectivity index (χ1v) is 9.20. The van der Waals surface area contributed by atoms with Crippen molar-refractivity contribution in [3.63, 3.8) is 0 Å². The zero-order valence-electron chi connectivity index (χ0n) is 16.8. The largest absolute Gasteiger partial charge is 0.485 e. The maximum atomic E-state index is 13.9. The molecule has 0 atom stereocenters. The average Bonchev–Trinajstić information content (AvgIpc) is 2.96. The molecule has 3 rings (SSSR count). The van der Waals surface area contributed by atoms with Gasteiger partial charge >= 0.3 is 0 Å². The number of aromatic nitrogens is 2. The third kappa shape index (κ3) is 4.22. The molecule has 6 nitrogen and oxygen atoms in total. The lowest BCUT2D eigenvalue weighted by Gasteiger charge is -2.24. The van der Waals surface area contributed by atoms with E-state index in [1.807, 2.05) is 20.8 Å². The summed E-state index contributed by atoms with van der Waals surface area (Å²) in [5.74, 6) is -1.36. The van der Waals surface area contributed by atoms with E-state index in [-0.39, 0.29) is 24.6 Å². The van der Waals surface area contributed by atoms with E-state index in [1.54, 1.807) is 23.6 Å². The van der Waals surface area contributed by atoms with Crippen molar-refractivity contribution in [1.82, 2.24) is 14.7 Å². The van der Waals surface area contributed by atoms with E-state index in [1.165, 1.54) is 18.2 Å². The number of amides is 1. The molecule has 3 N–H and O–H groups in total. The predicted octanol–water partition coefficient (Wildman–Crippen LogP) is 3.28. The van der Waals surface area contributed by atoms with Gasteiger partial charge in [-0.2, -0.15) is 0 Å². The summed E-state index contributed by atoms with van der Waals surface area (Å²) < 4.78 is 35.1. The van der Waals surface area contributed by atoms with E-state index in [0.717, 1.165) is 5.56 Å². The Kier molecular flexibility index (Phi) is 5.57. The third-order valence-corrected chi connectivity index (χ3v) is 4.61. The molecule has 1 amide bonds. The molecular formula is C21H24F2N4O2. The van der Waals surface area contributed by atoms with Gasteiger partial charge in [-0.15, -0.1) is 0 Å². The van der Waals surface area contributed by atoms with Gasteiger partial charge in [-0.3, -0.25) is 9.20 Å². The number of carbonyl (C=O) groups is 1. The summed E-state index contributed by atoms with van der Waals surface area (Å²) in [7, 11) is 0. The van der Waals surface area contributed by atoms with Crippen LogP contribution in [-0.4, -0.2) is 27.4 Å². The number of nitrogens with zero attached hydrogens (tertiary/aromatic N) is 2. The molecule has 0 aliphatic heterocycles. The molecule has 1 aromatic carbocycles. The SMILES string of the molecule is Cc1cc(OCc2c(F)cccc2F)c2nc(C)c(C(=O)NC(C)(C)CN)n2c1. The Balaban J connectivity index is 1.99. The summed E-state index contributed by atoms with van der Waals surface area (Å²) in [4.78, 5) is 17.3. The first-order valence-electron chi connectivity index (χ1n) is 9.20. The molecule has 0 aliphatic rings. The second kappa shape index (κ2) is 7.79. The van der Waals surface area contributed by atoms with E-state index < -0.39 is 17.2 Å². The maximum absolute atomic E-state index is 13.9. The summed E-state index contributed by atoms with van der Waals surface area (Å²) in [5, 5.41) is 2.89. The van der Waals surface area contributed by atoms with Gasteiger partial charge in [0.05, 0.1) is 11.3 Å². The standard InChI is InChI=1S/C21H24F2N4O2/c1-12-8-17(29-10-14-15(22)6-5-7-16(14)23)19-25-13(2)18(27(19)9-12)20(28)26-21(3,4)11-24/h5-9H,10-11,24H2,1-4H3,(H,26,28). The number of rotatable bonds is 6. The van der Waals surface area contributed by atoms with Crippen LogP contribution < -0.4 is 15.8 Å². The summed E-state index contributed by atoms with van der Waals surface area (Å²) >= 11 is 0. The fraction of sp³-hybridized carbons (Fsp3) is 0.333. The Labute approximate surface area is 167 Å². The maximum Gasteiger partial charge on any atom is 0.270 e. The van der Waals surface area contributed by atoms with Gasteiger partial charge in [0.1, 0.15) is 23.9 Å². The van der Waals surface area contributed by atoms with Crippen molar-refractivity contribution >= 4 is 11.6 Å². The second-order valence-corrected chi connectivity index (χ2v) is 7.65. The monoisotopic (exact) mass is 402 g/mol. The molecular weight excluding hydrogens is 378 g/mol. The van der Waals surface area contributed by atoms with Crippen molar-refractivity contribution in [3.05, 3.63) is 64.6 Å². The van der Waals surface area contributed by atoms with E-state index in [0.29, 0.717) is 22.8 Å². The summed E-state index contributed by atoms with van der Waals surface area (Å²) in [6.45, 7) is 7.17. The first kappa shape index (κ1) is 20.7. The van der Waals surface area contributed by atoms with Crippen LogP contribution in [0.2, 0.25) is 0 Å². The lowest BCUT2D eigenvalue weighted by Crippen LogP contribution is -2.49. The van der Waals surface area contributed by atoms with Crippen molar-refractivity contribution < 1.29 is 18.3 Å². The number of imidazole rings is 1. The van der Waals surface area contributed by atoms with Crippen molar-refractivity contribution in [1.29, 1.82) is 0 Å².